The molecule has 6 heteroatoms. The first kappa shape index (κ1) is 17.0. The molecule has 1 atom stereocenters. The first-order valence-corrected chi connectivity index (χ1v) is 7.51. The Bertz CT molecular complexity index is 447. The summed E-state index contributed by atoms with van der Waals surface area (Å²) in [5.41, 5.74) is 0.569. The number of ketones is 1. The number of hydrogen-bond acceptors (Lipinski definition) is 5. The molecule has 4 nitrogen and oxygen atoms in total. The molecule has 0 aromatic heterocycles. The predicted octanol–water partition coefficient (Wildman–Crippen LogP) is 2.78. The van der Waals surface area contributed by atoms with Gasteiger partial charge >= 0.3 is 5.97 Å². The molecule has 0 spiro atoms. The van der Waals surface area contributed by atoms with Crippen molar-refractivity contribution in [2.24, 2.45) is 0 Å². The average Bonchev–Trinajstić information content (AvgIpc) is 2.47. The van der Waals surface area contributed by atoms with Gasteiger partial charge in [0.15, 0.2) is 5.78 Å². The summed E-state index contributed by atoms with van der Waals surface area (Å²) < 4.78 is 9.85. The minimum atomic E-state index is -0.318. The molecule has 0 fully saturated rings. The number of Topliss-reactive ketones (excluding diaryl/α,β-unsaturated/α-hetero) is 1. The number of benzene rings is 1. The number of methoxy groups -OCH3 is 1. The molecule has 0 N–H and O–H groups in total. The van der Waals surface area contributed by atoms with Crippen LogP contribution in [0.25, 0.3) is 0 Å². The maximum atomic E-state index is 11.7. The van der Waals surface area contributed by atoms with Gasteiger partial charge in [-0.1, -0.05) is 12.1 Å². The van der Waals surface area contributed by atoms with Gasteiger partial charge in [-0.25, -0.2) is 0 Å². The number of carbonyl (C=O) groups is 2. The fourth-order valence-electron chi connectivity index (χ4n) is 1.39. The highest BCUT2D eigenvalue weighted by Gasteiger charge is 2.16. The summed E-state index contributed by atoms with van der Waals surface area (Å²) >= 11 is 6.86. The van der Waals surface area contributed by atoms with Crippen molar-refractivity contribution in [1.29, 1.82) is 0 Å². The van der Waals surface area contributed by atoms with Crippen molar-refractivity contribution < 1.29 is 19.1 Å². The number of rotatable bonds is 8. The van der Waals surface area contributed by atoms with Gasteiger partial charge in [0.25, 0.3) is 0 Å². The molecule has 0 saturated carbocycles. The SMILES string of the molecule is COCCOC(=O)C(C)Sc1ccc(C(=O)CCl)cc1. The van der Waals surface area contributed by atoms with Crippen LogP contribution >= 0.6 is 23.4 Å². The number of thioether (sulfide) groups is 1. The van der Waals surface area contributed by atoms with Gasteiger partial charge in [-0.2, -0.15) is 0 Å². The standard InChI is InChI=1S/C14H17ClO4S/c1-10(14(17)19-8-7-18-2)20-12-5-3-11(4-6-12)13(16)9-15/h3-6,10H,7-9H2,1-2H3. The van der Waals surface area contributed by atoms with Crippen LogP contribution in [0.15, 0.2) is 29.2 Å². The van der Waals surface area contributed by atoms with Crippen LogP contribution in [0.5, 0.6) is 0 Å². The fraction of sp³-hybridized carbons (Fsp3) is 0.429. The number of alkyl halides is 1. The van der Waals surface area contributed by atoms with E-state index in [0.717, 1.165) is 4.90 Å². The normalized spacial score (nSPS) is 11.9. The van der Waals surface area contributed by atoms with E-state index in [9.17, 15) is 9.59 Å². The average molecular weight is 317 g/mol. The lowest BCUT2D eigenvalue weighted by atomic mass is 10.1. The van der Waals surface area contributed by atoms with Crippen molar-refractivity contribution in [2.45, 2.75) is 17.1 Å². The Hall–Kier alpha value is -1.04. The molecule has 1 unspecified atom stereocenters. The van der Waals surface area contributed by atoms with Crippen LogP contribution in [0.1, 0.15) is 17.3 Å². The Labute approximate surface area is 127 Å². The summed E-state index contributed by atoms with van der Waals surface area (Å²) in [4.78, 5) is 23.9. The zero-order valence-corrected chi connectivity index (χ0v) is 13.0. The molecule has 0 aliphatic heterocycles. The van der Waals surface area contributed by atoms with E-state index in [1.165, 1.54) is 11.8 Å². The molecule has 1 aromatic carbocycles. The number of esters is 1. The third-order valence-electron chi connectivity index (χ3n) is 2.47. The lowest BCUT2D eigenvalue weighted by Gasteiger charge is -2.11. The summed E-state index contributed by atoms with van der Waals surface area (Å²) in [6.07, 6.45) is 0. The number of carbonyl (C=O) groups excluding carboxylic acids is 2. The molecule has 0 saturated heterocycles. The van der Waals surface area contributed by atoms with E-state index in [-0.39, 0.29) is 29.5 Å². The van der Waals surface area contributed by atoms with E-state index >= 15 is 0 Å². The first-order chi connectivity index (χ1) is 9.58. The van der Waals surface area contributed by atoms with Crippen LogP contribution in [-0.4, -0.2) is 43.2 Å². The summed E-state index contributed by atoms with van der Waals surface area (Å²) in [5, 5.41) is -0.318. The van der Waals surface area contributed by atoms with Gasteiger partial charge in [0.05, 0.1) is 12.5 Å². The van der Waals surface area contributed by atoms with Crippen LogP contribution in [0.2, 0.25) is 0 Å². The van der Waals surface area contributed by atoms with Gasteiger partial charge in [-0.15, -0.1) is 23.4 Å². The second kappa shape index (κ2) is 9.00. The Morgan fingerprint density at radius 3 is 2.45 bits per heavy atom. The van der Waals surface area contributed by atoms with E-state index in [4.69, 9.17) is 21.1 Å². The first-order valence-electron chi connectivity index (χ1n) is 6.10. The van der Waals surface area contributed by atoms with Crippen molar-refractivity contribution in [3.05, 3.63) is 29.8 Å². The van der Waals surface area contributed by atoms with Gasteiger partial charge in [-0.3, -0.25) is 9.59 Å². The number of hydrogen-bond donors (Lipinski definition) is 0. The summed E-state index contributed by atoms with van der Waals surface area (Å²) in [5.74, 6) is -0.433. The zero-order chi connectivity index (χ0) is 15.0. The van der Waals surface area contributed by atoms with E-state index < -0.39 is 0 Å². The van der Waals surface area contributed by atoms with Gasteiger partial charge in [-0.05, 0) is 19.1 Å². The maximum absolute atomic E-state index is 11.7. The molecule has 0 amide bonds. The molecule has 1 rings (SSSR count). The van der Waals surface area contributed by atoms with Crippen LogP contribution in [0.4, 0.5) is 0 Å². The molecule has 0 radical (unpaired) electrons. The monoisotopic (exact) mass is 316 g/mol. The molecule has 20 heavy (non-hydrogen) atoms. The highest BCUT2D eigenvalue weighted by Crippen LogP contribution is 2.24. The van der Waals surface area contributed by atoms with Crippen molar-refractivity contribution in [3.8, 4) is 0 Å². The van der Waals surface area contributed by atoms with Crippen molar-refractivity contribution >= 4 is 35.1 Å². The summed E-state index contributed by atoms with van der Waals surface area (Å²) in [6.45, 7) is 2.42. The highest BCUT2D eigenvalue weighted by molar-refractivity contribution is 8.00. The van der Waals surface area contributed by atoms with Crippen molar-refractivity contribution in [2.75, 3.05) is 26.2 Å². The molecule has 0 aliphatic carbocycles. The van der Waals surface area contributed by atoms with Gasteiger partial charge in [0.2, 0.25) is 0 Å². The van der Waals surface area contributed by atoms with Gasteiger partial charge in [0, 0.05) is 17.6 Å². The molecular weight excluding hydrogens is 300 g/mol. The quantitative estimate of drug-likeness (QED) is 0.243. The molecule has 0 bridgehead atoms. The Kier molecular flexibility index (Phi) is 7.65. The molecule has 1 aromatic rings. The van der Waals surface area contributed by atoms with E-state index in [1.807, 2.05) is 0 Å². The second-order valence-electron chi connectivity index (χ2n) is 4.00. The van der Waals surface area contributed by atoms with Crippen molar-refractivity contribution in [1.82, 2.24) is 0 Å². The highest BCUT2D eigenvalue weighted by atomic mass is 35.5. The summed E-state index contributed by atoms with van der Waals surface area (Å²) in [6, 6.07) is 7.00. The van der Waals surface area contributed by atoms with Crippen LogP contribution in [0.3, 0.4) is 0 Å². The molecular formula is C14H17ClO4S. The van der Waals surface area contributed by atoms with E-state index in [2.05, 4.69) is 0 Å². The zero-order valence-electron chi connectivity index (χ0n) is 11.4. The van der Waals surface area contributed by atoms with E-state index in [0.29, 0.717) is 12.2 Å². The van der Waals surface area contributed by atoms with Gasteiger partial charge < -0.3 is 9.47 Å². The minimum Gasteiger partial charge on any atom is -0.462 e. The maximum Gasteiger partial charge on any atom is 0.319 e. The molecule has 0 aliphatic rings. The van der Waals surface area contributed by atoms with Crippen LogP contribution < -0.4 is 0 Å². The lowest BCUT2D eigenvalue weighted by Crippen LogP contribution is -2.19. The smallest absolute Gasteiger partial charge is 0.319 e. The molecule has 110 valence electrons. The predicted molar refractivity (Wildman–Crippen MR) is 79.6 cm³/mol. The fourth-order valence-corrected chi connectivity index (χ4v) is 2.41. The Balaban J connectivity index is 2.51. The van der Waals surface area contributed by atoms with Crippen LogP contribution in [0, 0.1) is 0 Å². The Morgan fingerprint density at radius 2 is 1.90 bits per heavy atom. The van der Waals surface area contributed by atoms with Gasteiger partial charge in [0.1, 0.15) is 11.9 Å². The third-order valence-corrected chi connectivity index (χ3v) is 3.81. The van der Waals surface area contributed by atoms with E-state index in [1.54, 1.807) is 38.3 Å². The van der Waals surface area contributed by atoms with Crippen LogP contribution in [-0.2, 0) is 14.3 Å². The topological polar surface area (TPSA) is 52.6 Å². The largest absolute Gasteiger partial charge is 0.462 e. The number of ether oxygens (including phenoxy) is 2. The lowest BCUT2D eigenvalue weighted by molar-refractivity contribution is -0.143. The molecule has 0 heterocycles. The second-order valence-corrected chi connectivity index (χ2v) is 5.68. The Morgan fingerprint density at radius 1 is 1.25 bits per heavy atom. The van der Waals surface area contributed by atoms with Crippen molar-refractivity contribution in [3.63, 3.8) is 0 Å². The number of halogens is 1. The summed E-state index contributed by atoms with van der Waals surface area (Å²) in [7, 11) is 1.55. The third kappa shape index (κ3) is 5.53. The minimum absolute atomic E-state index is 0.0330.